The quantitative estimate of drug-likeness (QED) is 0.803. The summed E-state index contributed by atoms with van der Waals surface area (Å²) in [6.45, 7) is 7.15. The van der Waals surface area contributed by atoms with Crippen LogP contribution in [0.4, 0.5) is 0 Å². The lowest BCUT2D eigenvalue weighted by molar-refractivity contribution is 0.511. The number of aromatic nitrogens is 2. The lowest BCUT2D eigenvalue weighted by atomic mass is 10.1. The zero-order valence-corrected chi connectivity index (χ0v) is 12.4. The molecule has 0 bridgehead atoms. The largest absolute Gasteiger partial charge is 0.328 e. The molecule has 1 heterocycles. The first-order valence-corrected chi connectivity index (χ1v) is 7.13. The van der Waals surface area contributed by atoms with E-state index in [1.54, 1.807) is 0 Å². The molecule has 0 saturated heterocycles. The van der Waals surface area contributed by atoms with E-state index < -0.39 is 0 Å². The summed E-state index contributed by atoms with van der Waals surface area (Å²) in [4.78, 5) is 16.2. The van der Waals surface area contributed by atoms with Gasteiger partial charge in [-0.15, -0.1) is 11.6 Å². The maximum absolute atomic E-state index is 12.1. The van der Waals surface area contributed by atoms with Crippen molar-refractivity contribution in [3.05, 3.63) is 39.9 Å². The summed E-state index contributed by atoms with van der Waals surface area (Å²) in [6, 6.07) is 5.89. The van der Waals surface area contributed by atoms with Crippen molar-refractivity contribution in [3.8, 4) is 0 Å². The van der Waals surface area contributed by atoms with Gasteiger partial charge >= 0.3 is 0 Å². The number of hydrogen-bond donors (Lipinski definition) is 0. The van der Waals surface area contributed by atoms with Gasteiger partial charge in [0.05, 0.1) is 16.8 Å². The average molecular weight is 279 g/mol. The Hall–Kier alpha value is -1.35. The molecule has 2 aromatic rings. The third-order valence-electron chi connectivity index (χ3n) is 3.35. The first kappa shape index (κ1) is 14.1. The molecule has 0 spiro atoms. The molecule has 102 valence electrons. The van der Waals surface area contributed by atoms with Gasteiger partial charge in [0.1, 0.15) is 5.82 Å². The van der Waals surface area contributed by atoms with Gasteiger partial charge < -0.3 is 4.57 Å². The second kappa shape index (κ2) is 5.74. The zero-order chi connectivity index (χ0) is 14.0. The number of fused-ring (bicyclic) bond motifs is 1. The second-order valence-corrected chi connectivity index (χ2v) is 5.54. The van der Waals surface area contributed by atoms with Crippen molar-refractivity contribution in [2.75, 3.05) is 0 Å². The van der Waals surface area contributed by atoms with Gasteiger partial charge in [0.25, 0.3) is 5.56 Å². The molecule has 0 aliphatic rings. The van der Waals surface area contributed by atoms with Crippen LogP contribution in [0.2, 0.25) is 0 Å². The minimum Gasteiger partial charge on any atom is -0.328 e. The third kappa shape index (κ3) is 2.81. The molecule has 0 saturated carbocycles. The van der Waals surface area contributed by atoms with Crippen molar-refractivity contribution >= 4 is 22.5 Å². The Labute approximate surface area is 118 Å². The second-order valence-electron chi connectivity index (χ2n) is 5.27. The van der Waals surface area contributed by atoms with Crippen LogP contribution in [0.25, 0.3) is 10.9 Å². The van der Waals surface area contributed by atoms with Gasteiger partial charge in [-0.05, 0) is 30.9 Å². The molecule has 0 unspecified atom stereocenters. The minimum atomic E-state index is -0.176. The Bertz CT molecular complexity index is 646. The van der Waals surface area contributed by atoms with Crippen LogP contribution in [0, 0.1) is 12.8 Å². The highest BCUT2D eigenvalue weighted by Gasteiger charge is 2.11. The molecular weight excluding hydrogens is 260 g/mol. The Morgan fingerprint density at radius 3 is 2.74 bits per heavy atom. The Morgan fingerprint density at radius 1 is 1.37 bits per heavy atom. The molecule has 0 fully saturated rings. The van der Waals surface area contributed by atoms with E-state index in [1.807, 2.05) is 25.1 Å². The molecule has 1 aromatic carbocycles. The lowest BCUT2D eigenvalue weighted by Crippen LogP contribution is -2.19. The van der Waals surface area contributed by atoms with Crippen LogP contribution in [0.1, 0.15) is 31.7 Å². The Balaban J connectivity index is 2.68. The topological polar surface area (TPSA) is 34.9 Å². The molecule has 0 aliphatic heterocycles. The molecule has 0 radical (unpaired) electrons. The van der Waals surface area contributed by atoms with Crippen molar-refractivity contribution in [3.63, 3.8) is 0 Å². The van der Waals surface area contributed by atoms with Crippen molar-refractivity contribution in [2.45, 2.75) is 39.6 Å². The molecule has 0 atom stereocenters. The summed E-state index contributed by atoms with van der Waals surface area (Å²) >= 11 is 5.94. The highest BCUT2D eigenvalue weighted by Crippen LogP contribution is 2.18. The molecule has 2 rings (SSSR count). The van der Waals surface area contributed by atoms with Gasteiger partial charge in [-0.2, -0.15) is 4.98 Å². The van der Waals surface area contributed by atoms with E-state index in [2.05, 4.69) is 23.4 Å². The normalized spacial score (nSPS) is 11.4. The molecule has 3 nitrogen and oxygen atoms in total. The minimum absolute atomic E-state index is 0.176. The summed E-state index contributed by atoms with van der Waals surface area (Å²) in [5, 5.41) is 0.708. The van der Waals surface area contributed by atoms with Gasteiger partial charge in [0.15, 0.2) is 0 Å². The van der Waals surface area contributed by atoms with Crippen molar-refractivity contribution < 1.29 is 0 Å². The van der Waals surface area contributed by atoms with E-state index in [0.717, 1.165) is 24.0 Å². The fourth-order valence-corrected chi connectivity index (χ4v) is 2.47. The van der Waals surface area contributed by atoms with E-state index in [0.29, 0.717) is 17.1 Å². The highest BCUT2D eigenvalue weighted by atomic mass is 35.5. The third-order valence-corrected chi connectivity index (χ3v) is 3.59. The van der Waals surface area contributed by atoms with Crippen molar-refractivity contribution in [1.29, 1.82) is 0 Å². The molecule has 4 heteroatoms. The number of hydrogen-bond acceptors (Lipinski definition) is 2. The summed E-state index contributed by atoms with van der Waals surface area (Å²) in [5.41, 5.74) is 1.73. The lowest BCUT2D eigenvalue weighted by Gasteiger charge is -2.16. The molecule has 1 aromatic heterocycles. The SMILES string of the molecule is Cc1cccc2c1c(=O)nc(CCl)n2CCC(C)C. The predicted molar refractivity (Wildman–Crippen MR) is 79.8 cm³/mol. The van der Waals surface area contributed by atoms with Gasteiger partial charge in [-0.1, -0.05) is 26.0 Å². The van der Waals surface area contributed by atoms with Crippen molar-refractivity contribution in [1.82, 2.24) is 9.55 Å². The zero-order valence-electron chi connectivity index (χ0n) is 11.6. The molecule has 0 amide bonds. The standard InChI is InChI=1S/C15H19ClN2O/c1-10(2)7-8-18-12-6-4-5-11(3)14(12)15(19)17-13(18)9-16/h4-6,10H,7-9H2,1-3H3. The van der Waals surface area contributed by atoms with E-state index in [1.165, 1.54) is 0 Å². The summed E-state index contributed by atoms with van der Waals surface area (Å²) in [7, 11) is 0. The van der Waals surface area contributed by atoms with E-state index >= 15 is 0 Å². The smallest absolute Gasteiger partial charge is 0.281 e. The number of aryl methyl sites for hydroxylation is 2. The summed E-state index contributed by atoms with van der Waals surface area (Å²) < 4.78 is 2.08. The van der Waals surface area contributed by atoms with E-state index in [9.17, 15) is 4.79 Å². The molecule has 19 heavy (non-hydrogen) atoms. The van der Waals surface area contributed by atoms with Crippen LogP contribution >= 0.6 is 11.6 Å². The molecular formula is C15H19ClN2O. The number of benzene rings is 1. The van der Waals surface area contributed by atoms with Crippen LogP contribution in [0.15, 0.2) is 23.0 Å². The maximum Gasteiger partial charge on any atom is 0.281 e. The maximum atomic E-state index is 12.1. The van der Waals surface area contributed by atoms with Crippen LogP contribution in [-0.4, -0.2) is 9.55 Å². The highest BCUT2D eigenvalue weighted by molar-refractivity contribution is 6.16. The van der Waals surface area contributed by atoms with Gasteiger partial charge in [0.2, 0.25) is 0 Å². The monoisotopic (exact) mass is 278 g/mol. The molecule has 0 aliphatic carbocycles. The number of nitrogens with zero attached hydrogens (tertiary/aromatic N) is 2. The average Bonchev–Trinajstić information content (AvgIpc) is 2.36. The molecule has 0 N–H and O–H groups in total. The number of halogens is 1. The summed E-state index contributed by atoms with van der Waals surface area (Å²) in [5.74, 6) is 1.52. The van der Waals surface area contributed by atoms with Gasteiger partial charge in [0, 0.05) is 6.54 Å². The first-order valence-electron chi connectivity index (χ1n) is 6.59. The fraction of sp³-hybridized carbons (Fsp3) is 0.467. The van der Waals surface area contributed by atoms with Crippen LogP contribution in [0.3, 0.4) is 0 Å². The number of rotatable bonds is 4. The van der Waals surface area contributed by atoms with Crippen molar-refractivity contribution in [2.24, 2.45) is 5.92 Å². The fourth-order valence-electron chi connectivity index (χ4n) is 2.27. The van der Waals surface area contributed by atoms with E-state index in [4.69, 9.17) is 11.6 Å². The van der Waals surface area contributed by atoms with Gasteiger partial charge in [-0.25, -0.2) is 0 Å². The van der Waals surface area contributed by atoms with Gasteiger partial charge in [-0.3, -0.25) is 4.79 Å². The first-order chi connectivity index (χ1) is 9.04. The van der Waals surface area contributed by atoms with Crippen LogP contribution in [0.5, 0.6) is 0 Å². The Kier molecular flexibility index (Phi) is 4.25. The van der Waals surface area contributed by atoms with E-state index in [-0.39, 0.29) is 11.4 Å². The van der Waals surface area contributed by atoms with Crippen LogP contribution in [-0.2, 0) is 12.4 Å². The van der Waals surface area contributed by atoms with Crippen LogP contribution < -0.4 is 5.56 Å². The predicted octanol–water partition coefficient (Wildman–Crippen LogP) is 3.49. The Morgan fingerprint density at radius 2 is 2.11 bits per heavy atom. The number of alkyl halides is 1. The summed E-state index contributed by atoms with van der Waals surface area (Å²) in [6.07, 6.45) is 1.04.